The van der Waals surface area contributed by atoms with Gasteiger partial charge in [0, 0.05) is 82.2 Å². The molecule has 12 fully saturated rings. The number of ketones is 4. The van der Waals surface area contributed by atoms with Crippen LogP contribution < -0.4 is 4.90 Å². The Morgan fingerprint density at radius 1 is 0.535 bits per heavy atom. The molecule has 2 aromatic heterocycles. The lowest BCUT2D eigenvalue weighted by molar-refractivity contribution is -0.362. The number of Topliss-reactive ketones (excluding diaryl/α,β-unsaturated/α-hetero) is 4. The van der Waals surface area contributed by atoms with Gasteiger partial charge in [-0.2, -0.15) is 0 Å². The number of anilines is 1. The number of rotatable bonds is 21. The maximum atomic E-state index is 15.8. The van der Waals surface area contributed by atoms with E-state index in [1.54, 1.807) is 73.3 Å². The van der Waals surface area contributed by atoms with Crippen LogP contribution in [0.1, 0.15) is 235 Å². The summed E-state index contributed by atoms with van der Waals surface area (Å²) in [4.78, 5) is 177. The van der Waals surface area contributed by atoms with E-state index in [2.05, 4.69) is 16.2 Å². The van der Waals surface area contributed by atoms with Crippen LogP contribution in [0.4, 0.5) is 14.3 Å². The number of aliphatic hydroxyl groups is 6. The predicted molar refractivity (Wildman–Crippen MR) is 523 cm³/mol. The van der Waals surface area contributed by atoms with Gasteiger partial charge in [-0.25, -0.2) is 0 Å². The Labute approximate surface area is 851 Å². The SMILES string of the molecule is C#CCN1C(=O)C2CC=C([C@@H]3C[C@@H](OC(=O)CCl)[C@]4(C)[C@H](C)CC[C@]5(C[C@H](O)C(=O)[C@]54O)[C@H]3C)CC2C1=O.CC1=CC(C)=[N+]2C1=Cc1ccc(CCC(=O)CCCCn3cc(CN4C(=O)C5CC=C([C@@H]6C[C@@H](OC(=O)CCl)[C@]7(C)[C@H](C)CC[C@]8(C[C@H](O)C(=O)[C@]87O)[C@H]6C)CC5C4=O)nn3)n1[B-]2(F)F.C[C@@H]1CC[C@@]23C[C@H](O)C(=O)[C@@]2(O)[C@]1(C)[C@H](OC(=O)CCl)C[C@@H](C1=CCC2C(=O)N(c4ccccc4)C(=O)C2C1)[C@@H]3C. The average Bonchev–Trinajstić information content (AvgIpc) is 1.51. The van der Waals surface area contributed by atoms with Crippen molar-refractivity contribution < 1.29 is 120 Å². The van der Waals surface area contributed by atoms with Crippen LogP contribution in [0.15, 0.2) is 101 Å². The van der Waals surface area contributed by atoms with Gasteiger partial charge in [0.1, 0.15) is 88.3 Å². The van der Waals surface area contributed by atoms with E-state index in [4.69, 9.17) is 55.4 Å². The van der Waals surface area contributed by atoms with E-state index >= 15 is 8.63 Å². The Morgan fingerprint density at radius 3 is 1.37 bits per heavy atom. The second-order valence-electron chi connectivity index (χ2n) is 45.7. The molecule has 5 aliphatic heterocycles. The minimum atomic E-state index is -4.08. The maximum Gasteiger partial charge on any atom is 0.737 e. The third-order valence-corrected chi connectivity index (χ3v) is 40.8. The van der Waals surface area contributed by atoms with E-state index in [-0.39, 0.29) is 171 Å². The molecule has 36 heteroatoms. The van der Waals surface area contributed by atoms with Gasteiger partial charge in [0.25, 0.3) is 0 Å². The number of unbranched alkanes of at least 4 members (excludes halogenated alkanes) is 1. The minimum absolute atomic E-state index is 0.0161. The largest absolute Gasteiger partial charge is 0.737 e. The number of aryl methyl sites for hydroxylation is 2. The van der Waals surface area contributed by atoms with Gasteiger partial charge in [-0.05, 0) is 225 Å². The van der Waals surface area contributed by atoms with E-state index in [0.29, 0.717) is 137 Å². The van der Waals surface area contributed by atoms with Crippen molar-refractivity contribution in [1.82, 2.24) is 29.3 Å². The number of halogens is 5. The molecule has 6 amide bonds. The Kier molecular flexibility index (Phi) is 27.6. The number of carbonyl (C=O) groups excluding carboxylic acids is 13. The summed E-state index contributed by atoms with van der Waals surface area (Å²) in [6.07, 6.45) is 19.1. The number of aliphatic hydroxyl groups excluding tert-OH is 3. The van der Waals surface area contributed by atoms with Gasteiger partial charge in [0.15, 0.2) is 23.0 Å². The molecule has 774 valence electrons. The van der Waals surface area contributed by atoms with Crippen LogP contribution in [-0.4, -0.2) is 231 Å². The molecule has 30 atom stereocenters. The molecular formula is C108H132BCl3F2N8O22. The number of carbonyl (C=O) groups is 13. The van der Waals surface area contributed by atoms with E-state index in [0.717, 1.165) is 36.2 Å². The second-order valence-corrected chi connectivity index (χ2v) is 46.5. The van der Waals surface area contributed by atoms with E-state index in [1.165, 1.54) is 9.80 Å². The van der Waals surface area contributed by atoms with Crippen molar-refractivity contribution >= 4 is 136 Å². The molecule has 17 aliphatic rings. The standard InChI is InChI=1S/C47H58BClF2N6O8.C32H38ClNO7.C29H36ClNO7/c1-26-18-28(3)56-38(26)20-33-11-10-32(57(33)48(56,50)51)12-13-34(58)8-6-7-17-54-24-31(52-53-54)25-55-43(62)35-14-9-30(19-37(35)44(55)63)36-21-40(65-41(60)23-49)45(5)27(2)15-16-46(29(36)4)22-39(59)42(61)47(45,46)64;1-17-11-12-31-15-24(35)27(37)32(31,40)30(17,3)25(41-26(36)16-33)14-22(18(31)2)19-9-10-21-23(13-19)29(39)34(28(21)38)20-7-5-4-6-8-20;1-5-10-31-25(35)18-7-6-17(11-20(18)26(31)36)19-12-22(38-23(33)14-30)27(4)15(2)8-9-28(16(19)3)13-21(32)24(34)29(27,28)37/h9-11,18,20,24,27,29,35-37,39-40,59,64H,6-8,12-17,19,21-23,25H2,1-5H3;4-9,17-18,21-25,35,40H,10-16H2,1-3H3;1,6,15-16,18-22,32,37H,7-14H2,2-4H3/t27-,29+,35?,36-,37?,39+,40-,45+,46+,47-;17-,18+,21?,22-,23?,24+,25-,30+,31+,32-;15-,16+,18?,19-,20?,21+,22-,27+,28+,29-/m111/s1. The molecule has 6 N–H and O–H groups in total. The first-order chi connectivity index (χ1) is 68.1. The monoisotopic (exact) mass is 2050 g/mol. The Morgan fingerprint density at radius 2 is 0.938 bits per heavy atom. The number of hydrogen-bond donors (Lipinski definition) is 6. The van der Waals surface area contributed by atoms with Gasteiger partial charge in [0.2, 0.25) is 35.4 Å². The van der Waals surface area contributed by atoms with Crippen molar-refractivity contribution in [2.75, 3.05) is 29.1 Å². The normalized spacial score (nSPS) is 40.3. The summed E-state index contributed by atoms with van der Waals surface area (Å²) in [5.41, 5.74) is -5.62. The highest BCUT2D eigenvalue weighted by Crippen LogP contribution is 2.75. The number of amides is 6. The predicted octanol–water partition coefficient (Wildman–Crippen LogP) is 11.6. The highest BCUT2D eigenvalue weighted by Gasteiger charge is 2.83. The number of hydrogen-bond acceptors (Lipinski definition) is 24. The lowest BCUT2D eigenvalue weighted by Crippen LogP contribution is -2.69. The summed E-state index contributed by atoms with van der Waals surface area (Å²) >= 11 is 17.6. The Bertz CT molecular complexity index is 6110. The average molecular weight is 2050 g/mol. The quantitative estimate of drug-likeness (QED) is 0.00843. The van der Waals surface area contributed by atoms with Crippen LogP contribution in [-0.2, 0) is 96.0 Å². The molecule has 0 radical (unpaired) electrons. The van der Waals surface area contributed by atoms with Crippen LogP contribution in [0.25, 0.3) is 6.08 Å². The topological polar surface area (TPSA) is 419 Å². The molecule has 1 aromatic carbocycles. The highest BCUT2D eigenvalue weighted by molar-refractivity contribution is 6.58. The van der Waals surface area contributed by atoms with Crippen LogP contribution in [0.5, 0.6) is 0 Å². The van der Waals surface area contributed by atoms with Crippen molar-refractivity contribution in [2.45, 2.75) is 290 Å². The first-order valence-electron chi connectivity index (χ1n) is 51.5. The van der Waals surface area contributed by atoms with E-state index in [9.17, 15) is 93.0 Å². The number of alkyl halides is 3. The van der Waals surface area contributed by atoms with Gasteiger partial charge >= 0.3 is 24.9 Å². The van der Waals surface area contributed by atoms with E-state index < -0.39 is 170 Å². The highest BCUT2D eigenvalue weighted by atomic mass is 35.5. The molecule has 3 aromatic rings. The van der Waals surface area contributed by atoms with Crippen LogP contribution in [0, 0.1) is 134 Å². The first kappa shape index (κ1) is 105. The zero-order valence-electron chi connectivity index (χ0n) is 83.5. The van der Waals surface area contributed by atoms with E-state index in [1.807, 2.05) is 86.6 Å². The van der Waals surface area contributed by atoms with Gasteiger partial charge in [-0.15, -0.1) is 46.3 Å². The number of nitrogens with zero attached hydrogens (tertiary/aromatic N) is 8. The molecule has 30 nitrogen and oxygen atoms in total. The van der Waals surface area contributed by atoms with Crippen molar-refractivity contribution in [2.24, 2.45) is 121 Å². The van der Waals surface area contributed by atoms with Crippen LogP contribution >= 0.6 is 34.8 Å². The number of likely N-dealkylation sites (tertiary alicyclic amines) is 2. The summed E-state index contributed by atoms with van der Waals surface area (Å²) in [6, 6.07) is 12.3. The minimum Gasteiger partial charge on any atom is -0.461 e. The summed E-state index contributed by atoms with van der Waals surface area (Å²) in [6.45, 7) is 17.1. The second kappa shape index (κ2) is 38.0. The number of ether oxygens (including phenoxy) is 3. The number of terminal acetylenes is 1. The zero-order valence-corrected chi connectivity index (χ0v) is 85.7. The lowest BCUT2D eigenvalue weighted by Gasteiger charge is -2.60. The van der Waals surface area contributed by atoms with Crippen molar-refractivity contribution in [3.8, 4) is 12.3 Å². The molecule has 7 heterocycles. The van der Waals surface area contributed by atoms with Crippen molar-refractivity contribution in [1.29, 1.82) is 0 Å². The Balaban J connectivity index is 0.000000150. The van der Waals surface area contributed by atoms with Gasteiger partial charge in [-0.3, -0.25) is 81.7 Å². The number of benzene rings is 1. The number of imide groups is 3. The smallest absolute Gasteiger partial charge is 0.461 e. The molecular weight excluding hydrogens is 1920 g/mol. The van der Waals surface area contributed by atoms with Gasteiger partial charge < -0.3 is 62.4 Å². The van der Waals surface area contributed by atoms with Crippen molar-refractivity contribution in [3.05, 3.63) is 118 Å². The number of aromatic nitrogens is 4. The van der Waals surface area contributed by atoms with Gasteiger partial charge in [-0.1, -0.05) is 127 Å². The molecule has 9 saturated carbocycles. The molecule has 12 aliphatic carbocycles. The molecule has 6 unspecified atom stereocenters. The number of esters is 3. The van der Waals surface area contributed by atoms with Gasteiger partial charge in [0.05, 0.1) is 60.5 Å². The van der Waals surface area contributed by atoms with Crippen molar-refractivity contribution in [3.63, 3.8) is 0 Å². The number of allylic oxidation sites excluding steroid dienone is 8. The third-order valence-electron chi connectivity index (χ3n) is 40.2. The lowest BCUT2D eigenvalue weighted by atomic mass is 9.46. The van der Waals surface area contributed by atoms with Crippen LogP contribution in [0.3, 0.4) is 0 Å². The van der Waals surface area contributed by atoms with Crippen LogP contribution in [0.2, 0.25) is 0 Å². The molecule has 20 rings (SSSR count). The molecule has 144 heavy (non-hydrogen) atoms. The fourth-order valence-corrected chi connectivity index (χ4v) is 32.2. The number of para-hydroxylation sites is 1. The maximum absolute atomic E-state index is 15.8. The third kappa shape index (κ3) is 15.3. The molecule has 0 spiro atoms. The summed E-state index contributed by atoms with van der Waals surface area (Å²) < 4.78 is 53.3. The molecule has 6 bridgehead atoms. The first-order valence-corrected chi connectivity index (χ1v) is 53.1. The zero-order chi connectivity index (χ0) is 104. The fraction of sp³-hybridized carbons (Fsp3) is 0.648. The summed E-state index contributed by atoms with van der Waals surface area (Å²) in [5.74, 6) is -9.44. The molecule has 3 saturated heterocycles. The Hall–Kier alpha value is -9.37. The number of fused-ring (bicyclic) bond motifs is 5. The fourth-order valence-electron chi connectivity index (χ4n) is 32.0. The summed E-state index contributed by atoms with van der Waals surface area (Å²) in [7, 11) is 0. The summed E-state index contributed by atoms with van der Waals surface area (Å²) in [5, 5.41) is 79.2.